The Kier molecular flexibility index (Phi) is 6.79. The minimum absolute atomic E-state index is 0.344. The van der Waals surface area contributed by atoms with Gasteiger partial charge in [-0.2, -0.15) is 5.10 Å². The summed E-state index contributed by atoms with van der Waals surface area (Å²) in [6, 6.07) is 26.3. The summed E-state index contributed by atoms with van der Waals surface area (Å²) in [5, 5.41) is 14.3. The summed E-state index contributed by atoms with van der Waals surface area (Å²) >= 11 is 7.02. The van der Waals surface area contributed by atoms with E-state index in [0.29, 0.717) is 28.0 Å². The van der Waals surface area contributed by atoms with Crippen molar-refractivity contribution < 1.29 is 9.53 Å². The Hall–Kier alpha value is -4.01. The summed E-state index contributed by atoms with van der Waals surface area (Å²) in [4.78, 5) is 13.7. The number of carbonyl (C=O) groups excluding carboxylic acids is 1. The van der Waals surface area contributed by atoms with Gasteiger partial charge in [0, 0.05) is 22.7 Å². The van der Waals surface area contributed by atoms with Crippen LogP contribution in [0.4, 0.5) is 10.8 Å². The number of benzene rings is 3. The highest BCUT2D eigenvalue weighted by Gasteiger charge is 2.24. The number of ether oxygens (including phenoxy) is 1. The van der Waals surface area contributed by atoms with Crippen molar-refractivity contribution in [1.29, 1.82) is 0 Å². The Bertz CT molecular complexity index is 1550. The molecule has 2 aromatic heterocycles. The smallest absolute Gasteiger partial charge is 0.341 e. The molecule has 0 spiro atoms. The van der Waals surface area contributed by atoms with Crippen LogP contribution in [0.1, 0.15) is 20.8 Å². The van der Waals surface area contributed by atoms with Crippen molar-refractivity contribution in [2.45, 2.75) is 13.5 Å². The van der Waals surface area contributed by atoms with E-state index in [2.05, 4.69) is 46.1 Å². The second kappa shape index (κ2) is 10.3. The molecule has 0 aliphatic rings. The van der Waals surface area contributed by atoms with Gasteiger partial charge in [0.15, 0.2) is 10.9 Å². The lowest BCUT2D eigenvalue weighted by atomic mass is 10.0. The first kappa shape index (κ1) is 23.7. The van der Waals surface area contributed by atoms with E-state index in [1.807, 2.05) is 66.3 Å². The number of aryl methyl sites for hydroxylation is 1. The zero-order valence-corrected chi connectivity index (χ0v) is 21.5. The third-order valence-electron chi connectivity index (χ3n) is 5.86. The van der Waals surface area contributed by atoms with Crippen molar-refractivity contribution in [1.82, 2.24) is 9.78 Å². The number of carbonyl (C=O) groups is 1. The number of hydrogen-bond donors (Lipinski definition) is 2. The van der Waals surface area contributed by atoms with Crippen molar-refractivity contribution in [3.63, 3.8) is 0 Å². The van der Waals surface area contributed by atoms with Crippen LogP contribution < -0.4 is 10.6 Å². The lowest BCUT2D eigenvalue weighted by molar-refractivity contribution is 0.0603. The average molecular weight is 513 g/mol. The van der Waals surface area contributed by atoms with E-state index < -0.39 is 5.97 Å². The van der Waals surface area contributed by atoms with E-state index >= 15 is 0 Å². The molecular weight excluding hydrogens is 488 g/mol. The minimum atomic E-state index is -0.414. The molecule has 6 nitrogen and oxygen atoms in total. The molecule has 0 aliphatic carbocycles. The third kappa shape index (κ3) is 4.86. The summed E-state index contributed by atoms with van der Waals surface area (Å²) in [6.07, 6.45) is 1.91. The topological polar surface area (TPSA) is 68.2 Å². The van der Waals surface area contributed by atoms with Gasteiger partial charge in [0.2, 0.25) is 0 Å². The number of thiocarbonyl (C=S) groups is 1. The predicted octanol–water partition coefficient (Wildman–Crippen LogP) is 6.72. The van der Waals surface area contributed by atoms with E-state index in [1.54, 1.807) is 0 Å². The SMILES string of the molecule is COC(=O)c1c(NC(=S)Nc2ccn(Cc3cccc4ccccc34)n2)sc(C)c1-c1ccccc1. The first-order valence-corrected chi connectivity index (χ1v) is 12.6. The lowest BCUT2D eigenvalue weighted by Gasteiger charge is -2.10. The molecule has 0 saturated heterocycles. The summed E-state index contributed by atoms with van der Waals surface area (Å²) in [5.74, 6) is 0.201. The number of esters is 1. The number of nitrogens with one attached hydrogen (secondary N) is 2. The number of methoxy groups -OCH3 is 1. The molecule has 0 aliphatic heterocycles. The van der Waals surface area contributed by atoms with Crippen LogP contribution in [0, 0.1) is 6.92 Å². The Balaban J connectivity index is 1.34. The van der Waals surface area contributed by atoms with Gasteiger partial charge in [-0.15, -0.1) is 11.3 Å². The number of aromatic nitrogens is 2. The number of hydrogen-bond acceptors (Lipinski definition) is 5. The van der Waals surface area contributed by atoms with E-state index in [9.17, 15) is 4.79 Å². The van der Waals surface area contributed by atoms with E-state index in [0.717, 1.165) is 16.0 Å². The number of anilines is 2. The Morgan fingerprint density at radius 3 is 2.56 bits per heavy atom. The van der Waals surface area contributed by atoms with Gasteiger partial charge in [-0.3, -0.25) is 4.68 Å². The van der Waals surface area contributed by atoms with Crippen LogP contribution in [0.3, 0.4) is 0 Å². The molecule has 0 atom stereocenters. The van der Waals surface area contributed by atoms with E-state index in [4.69, 9.17) is 17.0 Å². The van der Waals surface area contributed by atoms with Crippen LogP contribution in [-0.4, -0.2) is 28.0 Å². The van der Waals surface area contributed by atoms with Crippen LogP contribution in [0.5, 0.6) is 0 Å². The van der Waals surface area contributed by atoms with Gasteiger partial charge < -0.3 is 15.4 Å². The van der Waals surface area contributed by atoms with Gasteiger partial charge in [0.1, 0.15) is 10.6 Å². The molecule has 0 unspecified atom stereocenters. The largest absolute Gasteiger partial charge is 0.465 e. The van der Waals surface area contributed by atoms with E-state index in [-0.39, 0.29) is 0 Å². The lowest BCUT2D eigenvalue weighted by Crippen LogP contribution is -2.20. The quantitative estimate of drug-likeness (QED) is 0.195. The Morgan fingerprint density at radius 2 is 1.75 bits per heavy atom. The molecule has 3 aromatic carbocycles. The fourth-order valence-electron chi connectivity index (χ4n) is 4.25. The highest BCUT2D eigenvalue weighted by Crippen LogP contribution is 2.40. The molecule has 5 rings (SSSR count). The van der Waals surface area contributed by atoms with E-state index in [1.165, 1.54) is 34.8 Å². The highest BCUT2D eigenvalue weighted by atomic mass is 32.1. The summed E-state index contributed by atoms with van der Waals surface area (Å²) in [6.45, 7) is 2.62. The van der Waals surface area contributed by atoms with Gasteiger partial charge in [-0.05, 0) is 41.0 Å². The van der Waals surface area contributed by atoms with Crippen LogP contribution in [0.2, 0.25) is 0 Å². The Labute approximate surface area is 218 Å². The summed E-state index contributed by atoms with van der Waals surface area (Å²) in [5.41, 5.74) is 3.45. The van der Waals surface area contributed by atoms with Gasteiger partial charge in [0.05, 0.1) is 13.7 Å². The molecule has 0 bridgehead atoms. The number of fused-ring (bicyclic) bond motifs is 1. The molecule has 8 heteroatoms. The van der Waals surface area contributed by atoms with Crippen LogP contribution in [0.15, 0.2) is 85.1 Å². The van der Waals surface area contributed by atoms with Gasteiger partial charge >= 0.3 is 5.97 Å². The molecule has 36 heavy (non-hydrogen) atoms. The van der Waals surface area contributed by atoms with Gasteiger partial charge in [0.25, 0.3) is 0 Å². The predicted molar refractivity (Wildman–Crippen MR) is 151 cm³/mol. The number of rotatable bonds is 6. The molecular formula is C28H24N4O2S2. The van der Waals surface area contributed by atoms with Crippen molar-refractivity contribution in [3.05, 3.63) is 101 Å². The van der Waals surface area contributed by atoms with Crippen LogP contribution in [0.25, 0.3) is 21.9 Å². The molecule has 5 aromatic rings. The molecule has 2 N–H and O–H groups in total. The minimum Gasteiger partial charge on any atom is -0.465 e. The fourth-order valence-corrected chi connectivity index (χ4v) is 5.59. The van der Waals surface area contributed by atoms with Crippen molar-refractivity contribution >= 4 is 56.2 Å². The first-order chi connectivity index (χ1) is 17.5. The van der Waals surface area contributed by atoms with Crippen molar-refractivity contribution in [3.8, 4) is 11.1 Å². The van der Waals surface area contributed by atoms with Crippen molar-refractivity contribution in [2.75, 3.05) is 17.7 Å². The Morgan fingerprint density at radius 1 is 1.00 bits per heavy atom. The maximum atomic E-state index is 12.7. The fraction of sp³-hybridized carbons (Fsp3) is 0.107. The zero-order valence-electron chi connectivity index (χ0n) is 19.8. The average Bonchev–Trinajstić information content (AvgIpc) is 3.47. The van der Waals surface area contributed by atoms with Gasteiger partial charge in [-0.1, -0.05) is 72.8 Å². The molecule has 180 valence electrons. The maximum Gasteiger partial charge on any atom is 0.341 e. The number of nitrogens with zero attached hydrogens (tertiary/aromatic N) is 2. The molecule has 0 fully saturated rings. The third-order valence-corrected chi connectivity index (χ3v) is 7.08. The molecule has 0 amide bonds. The monoisotopic (exact) mass is 512 g/mol. The van der Waals surface area contributed by atoms with Crippen molar-refractivity contribution in [2.24, 2.45) is 0 Å². The van der Waals surface area contributed by atoms with Gasteiger partial charge in [-0.25, -0.2) is 4.79 Å². The first-order valence-electron chi connectivity index (χ1n) is 11.4. The second-order valence-electron chi connectivity index (χ2n) is 8.21. The maximum absolute atomic E-state index is 12.7. The van der Waals surface area contributed by atoms with Crippen LogP contribution >= 0.6 is 23.6 Å². The number of thiophene rings is 1. The summed E-state index contributed by atoms with van der Waals surface area (Å²) < 4.78 is 6.96. The molecule has 0 saturated carbocycles. The summed E-state index contributed by atoms with van der Waals surface area (Å²) in [7, 11) is 1.38. The second-order valence-corrected chi connectivity index (χ2v) is 9.84. The molecule has 2 heterocycles. The van der Waals surface area contributed by atoms with Crippen LogP contribution in [-0.2, 0) is 11.3 Å². The highest BCUT2D eigenvalue weighted by molar-refractivity contribution is 7.80. The zero-order chi connectivity index (χ0) is 25.1. The normalized spacial score (nSPS) is 10.8. The molecule has 0 radical (unpaired) electrons. The standard InChI is InChI=1S/C28H24N4O2S2/c1-18-24(20-10-4-3-5-11-20)25(27(33)34-2)26(36-18)30-28(35)29-23-15-16-32(31-23)17-21-13-8-12-19-9-6-7-14-22(19)21/h3-16H,17H2,1-2H3,(H2,29,30,31,35).